The predicted molar refractivity (Wildman–Crippen MR) is 112 cm³/mol. The first-order valence-electron chi connectivity index (χ1n) is 9.58. The summed E-state index contributed by atoms with van der Waals surface area (Å²) < 4.78 is 13.1. The fraction of sp³-hybridized carbons (Fsp3) is 1.00. The highest BCUT2D eigenvalue weighted by Gasteiger charge is 2.40. The average Bonchev–Trinajstić information content (AvgIpc) is 2.48. The number of hydrogen-bond acceptors (Lipinski definition) is 3. The van der Waals surface area contributed by atoms with Crippen molar-refractivity contribution in [3.63, 3.8) is 0 Å². The largest absolute Gasteiger partial charge is 0.394 e. The normalized spacial score (nSPS) is 17.1. The Morgan fingerprint density at radius 3 is 1.83 bits per heavy atom. The van der Waals surface area contributed by atoms with Gasteiger partial charge in [0.15, 0.2) is 0 Å². The van der Waals surface area contributed by atoms with Gasteiger partial charge in [-0.15, -0.1) is 0 Å². The third-order valence-corrected chi connectivity index (χ3v) is 17.9. The standard InChI is InChI=1S/C18H42O2SSi2/c1-10-15-19-22(9,16-18(6,7)8)20-17(11-2)21-23(12-3,13-4)14-5/h17H,10-16H2,1-9H3. The van der Waals surface area contributed by atoms with Gasteiger partial charge in [0, 0.05) is 6.61 Å². The zero-order valence-corrected chi connectivity index (χ0v) is 20.1. The van der Waals surface area contributed by atoms with Gasteiger partial charge in [-0.1, -0.05) is 73.5 Å². The zero-order valence-electron chi connectivity index (χ0n) is 17.3. The Morgan fingerprint density at radius 1 is 0.957 bits per heavy atom. The molecule has 0 aromatic carbocycles. The summed E-state index contributed by atoms with van der Waals surface area (Å²) in [5.74, 6) is 0. The SMILES string of the molecule is CCCO[Si](C)(CC(C)(C)C)OC(CC)S[Si](CC)(CC)CC. The first-order chi connectivity index (χ1) is 10.6. The highest BCUT2D eigenvalue weighted by atomic mass is 32.4. The van der Waals surface area contributed by atoms with Gasteiger partial charge >= 0.3 is 8.56 Å². The molecule has 0 saturated carbocycles. The first kappa shape index (κ1) is 23.7. The van der Waals surface area contributed by atoms with Crippen LogP contribution < -0.4 is 0 Å². The maximum atomic E-state index is 6.74. The van der Waals surface area contributed by atoms with Gasteiger partial charge in [-0.25, -0.2) is 0 Å². The van der Waals surface area contributed by atoms with Crippen molar-refractivity contribution in [2.24, 2.45) is 5.41 Å². The fourth-order valence-electron chi connectivity index (χ4n) is 3.16. The van der Waals surface area contributed by atoms with Crippen molar-refractivity contribution in [3.8, 4) is 0 Å². The van der Waals surface area contributed by atoms with Gasteiger partial charge in [0.25, 0.3) is 0 Å². The van der Waals surface area contributed by atoms with Gasteiger partial charge in [0.1, 0.15) is 7.22 Å². The lowest BCUT2D eigenvalue weighted by molar-refractivity contribution is 0.149. The summed E-state index contributed by atoms with van der Waals surface area (Å²) in [5.41, 5.74) is 0.573. The molecule has 0 aromatic heterocycles. The van der Waals surface area contributed by atoms with Crippen molar-refractivity contribution in [3.05, 3.63) is 0 Å². The third-order valence-electron chi connectivity index (χ3n) is 4.49. The topological polar surface area (TPSA) is 18.5 Å². The van der Waals surface area contributed by atoms with Crippen LogP contribution in [0, 0.1) is 5.41 Å². The molecule has 140 valence electrons. The van der Waals surface area contributed by atoms with Crippen LogP contribution in [0.15, 0.2) is 0 Å². The monoisotopic (exact) mass is 378 g/mol. The molecule has 2 unspecified atom stereocenters. The smallest absolute Gasteiger partial charge is 0.336 e. The maximum Gasteiger partial charge on any atom is 0.336 e. The van der Waals surface area contributed by atoms with E-state index < -0.39 is 15.8 Å². The molecule has 0 rings (SSSR count). The van der Waals surface area contributed by atoms with Crippen LogP contribution in [0.2, 0.25) is 30.7 Å². The van der Waals surface area contributed by atoms with E-state index in [1.807, 2.05) is 0 Å². The van der Waals surface area contributed by atoms with Crippen molar-refractivity contribution in [2.75, 3.05) is 6.61 Å². The molecular formula is C18H42O2SSi2. The van der Waals surface area contributed by atoms with Gasteiger partial charge in [0.2, 0.25) is 0 Å². The molecule has 23 heavy (non-hydrogen) atoms. The van der Waals surface area contributed by atoms with Gasteiger partial charge < -0.3 is 8.85 Å². The average molecular weight is 379 g/mol. The second-order valence-corrected chi connectivity index (χ2v) is 19.7. The molecule has 2 nitrogen and oxygen atoms in total. The second-order valence-electron chi connectivity index (χ2n) is 8.04. The van der Waals surface area contributed by atoms with E-state index in [0.29, 0.717) is 5.44 Å². The summed E-state index contributed by atoms with van der Waals surface area (Å²) in [5, 5.41) is 0. The Labute approximate surface area is 152 Å². The number of hydrogen-bond donors (Lipinski definition) is 0. The Bertz CT molecular complexity index is 308. The highest BCUT2D eigenvalue weighted by Crippen LogP contribution is 2.40. The van der Waals surface area contributed by atoms with Crippen molar-refractivity contribution in [1.82, 2.24) is 0 Å². The molecule has 0 bridgehead atoms. The van der Waals surface area contributed by atoms with Gasteiger partial charge in [-0.05, 0) is 30.8 Å². The molecule has 0 fully saturated rings. The van der Waals surface area contributed by atoms with E-state index in [4.69, 9.17) is 8.85 Å². The van der Waals surface area contributed by atoms with Gasteiger partial charge in [-0.2, -0.15) is 11.2 Å². The van der Waals surface area contributed by atoms with Crippen molar-refractivity contribution < 1.29 is 8.85 Å². The third kappa shape index (κ3) is 9.10. The molecule has 0 spiro atoms. The van der Waals surface area contributed by atoms with Crippen LogP contribution in [-0.4, -0.2) is 27.8 Å². The van der Waals surface area contributed by atoms with Crippen LogP contribution in [0.3, 0.4) is 0 Å². The Balaban J connectivity index is 5.11. The van der Waals surface area contributed by atoms with E-state index in [1.165, 1.54) is 18.1 Å². The van der Waals surface area contributed by atoms with Crippen LogP contribution in [0.4, 0.5) is 0 Å². The van der Waals surface area contributed by atoms with E-state index in [2.05, 4.69) is 73.1 Å². The van der Waals surface area contributed by atoms with E-state index in [-0.39, 0.29) is 5.41 Å². The molecule has 0 aliphatic rings. The van der Waals surface area contributed by atoms with Crippen molar-refractivity contribution >= 4 is 27.0 Å². The molecule has 0 aromatic rings. The highest BCUT2D eigenvalue weighted by molar-refractivity contribution is 8.29. The summed E-state index contributed by atoms with van der Waals surface area (Å²) in [6, 6.07) is 5.10. The quantitative estimate of drug-likeness (QED) is 0.268. The van der Waals surface area contributed by atoms with Crippen LogP contribution in [0.5, 0.6) is 0 Å². The van der Waals surface area contributed by atoms with Crippen molar-refractivity contribution in [1.29, 1.82) is 0 Å². The Morgan fingerprint density at radius 2 is 1.48 bits per heavy atom. The summed E-state index contributed by atoms with van der Waals surface area (Å²) >= 11 is 2.19. The lowest BCUT2D eigenvalue weighted by Crippen LogP contribution is -2.46. The first-order valence-corrected chi connectivity index (χ1v) is 16.3. The molecule has 0 amide bonds. The molecule has 0 N–H and O–H groups in total. The van der Waals surface area contributed by atoms with Crippen LogP contribution in [0.25, 0.3) is 0 Å². The van der Waals surface area contributed by atoms with Crippen LogP contribution in [-0.2, 0) is 8.85 Å². The van der Waals surface area contributed by atoms with Crippen molar-refractivity contribution in [2.45, 2.75) is 104 Å². The van der Waals surface area contributed by atoms with E-state index >= 15 is 0 Å². The molecule has 0 heterocycles. The summed E-state index contributed by atoms with van der Waals surface area (Å²) in [6.45, 7) is 21.6. The van der Waals surface area contributed by atoms with Gasteiger partial charge in [0.05, 0.1) is 5.44 Å². The maximum absolute atomic E-state index is 6.74. The summed E-state index contributed by atoms with van der Waals surface area (Å²) in [6.07, 6.45) is 2.15. The predicted octanol–water partition coefficient (Wildman–Crippen LogP) is 7.02. The lowest BCUT2D eigenvalue weighted by Gasteiger charge is -2.38. The van der Waals surface area contributed by atoms with Gasteiger partial charge in [-0.3, -0.25) is 0 Å². The summed E-state index contributed by atoms with van der Waals surface area (Å²) in [4.78, 5) is 0. The Kier molecular flexibility index (Phi) is 11.0. The minimum atomic E-state index is -2.13. The number of rotatable bonds is 12. The van der Waals surface area contributed by atoms with Crippen LogP contribution in [0.1, 0.15) is 68.2 Å². The van der Waals surface area contributed by atoms with E-state index in [0.717, 1.165) is 25.5 Å². The molecular weight excluding hydrogens is 336 g/mol. The molecule has 0 aliphatic carbocycles. The molecule has 0 aliphatic heterocycles. The summed E-state index contributed by atoms with van der Waals surface area (Å²) in [7, 11) is -3.36. The second kappa shape index (κ2) is 10.6. The molecule has 0 saturated heterocycles. The lowest BCUT2D eigenvalue weighted by atomic mass is 10.0. The van der Waals surface area contributed by atoms with Crippen LogP contribution >= 0.6 is 11.2 Å². The zero-order chi connectivity index (χ0) is 18.1. The van der Waals surface area contributed by atoms with E-state index in [1.54, 1.807) is 0 Å². The molecule has 5 heteroatoms. The minimum absolute atomic E-state index is 0.256. The molecule has 0 radical (unpaired) electrons. The van der Waals surface area contributed by atoms with E-state index in [9.17, 15) is 0 Å². The fourth-order valence-corrected chi connectivity index (χ4v) is 14.3. The Hall–Kier alpha value is 0.704. The minimum Gasteiger partial charge on any atom is -0.394 e. The molecule has 2 atom stereocenters.